The standard InChI is InChI=1S/C18H28N4O2/c1-13(23)22-9-14-7-6-8-19-16(14)15(10-22)17(24)20-11-18(2,3)12-21(4)5/h6-8,15H,9-12H2,1-5H3,(H,20,24). The summed E-state index contributed by atoms with van der Waals surface area (Å²) in [6, 6.07) is 3.78. The number of nitrogens with zero attached hydrogens (tertiary/aromatic N) is 3. The molecule has 6 heteroatoms. The van der Waals surface area contributed by atoms with Crippen molar-refractivity contribution in [2.75, 3.05) is 33.7 Å². The third-order valence-electron chi connectivity index (χ3n) is 4.27. The van der Waals surface area contributed by atoms with E-state index >= 15 is 0 Å². The van der Waals surface area contributed by atoms with Crippen LogP contribution in [0.2, 0.25) is 0 Å². The first-order valence-electron chi connectivity index (χ1n) is 8.31. The van der Waals surface area contributed by atoms with E-state index in [1.54, 1.807) is 11.1 Å². The number of fused-ring (bicyclic) bond motifs is 1. The first kappa shape index (κ1) is 18.4. The molecule has 2 rings (SSSR count). The summed E-state index contributed by atoms with van der Waals surface area (Å²) in [5.41, 5.74) is 1.71. The van der Waals surface area contributed by atoms with E-state index in [0.29, 0.717) is 19.6 Å². The van der Waals surface area contributed by atoms with Crippen molar-refractivity contribution in [3.63, 3.8) is 0 Å². The average molecular weight is 332 g/mol. The zero-order chi connectivity index (χ0) is 17.9. The average Bonchev–Trinajstić information content (AvgIpc) is 2.50. The van der Waals surface area contributed by atoms with Crippen molar-refractivity contribution in [1.29, 1.82) is 0 Å². The van der Waals surface area contributed by atoms with Crippen LogP contribution in [0.3, 0.4) is 0 Å². The zero-order valence-corrected chi connectivity index (χ0v) is 15.3. The molecule has 0 spiro atoms. The highest BCUT2D eigenvalue weighted by Crippen LogP contribution is 2.27. The Morgan fingerprint density at radius 2 is 2.12 bits per heavy atom. The molecule has 2 heterocycles. The zero-order valence-electron chi connectivity index (χ0n) is 15.3. The topological polar surface area (TPSA) is 65.5 Å². The van der Waals surface area contributed by atoms with Crippen LogP contribution >= 0.6 is 0 Å². The van der Waals surface area contributed by atoms with Gasteiger partial charge in [0.1, 0.15) is 0 Å². The Morgan fingerprint density at radius 3 is 2.75 bits per heavy atom. The second-order valence-corrected chi connectivity index (χ2v) is 7.62. The Morgan fingerprint density at radius 1 is 1.42 bits per heavy atom. The van der Waals surface area contributed by atoms with Gasteiger partial charge in [0.2, 0.25) is 11.8 Å². The molecule has 1 aromatic rings. The van der Waals surface area contributed by atoms with Crippen molar-refractivity contribution >= 4 is 11.8 Å². The lowest BCUT2D eigenvalue weighted by molar-refractivity contribution is -0.131. The number of carbonyl (C=O) groups is 2. The SMILES string of the molecule is CC(=O)N1Cc2cccnc2C(C(=O)NCC(C)(C)CN(C)C)C1. The van der Waals surface area contributed by atoms with Gasteiger partial charge >= 0.3 is 0 Å². The summed E-state index contributed by atoms with van der Waals surface area (Å²) in [7, 11) is 4.05. The van der Waals surface area contributed by atoms with E-state index in [-0.39, 0.29) is 17.2 Å². The molecule has 1 aromatic heterocycles. The molecule has 0 saturated heterocycles. The molecular weight excluding hydrogens is 304 g/mol. The first-order chi connectivity index (χ1) is 11.2. The molecule has 0 fully saturated rings. The number of aromatic nitrogens is 1. The number of nitrogens with one attached hydrogen (secondary N) is 1. The summed E-state index contributed by atoms with van der Waals surface area (Å²) < 4.78 is 0. The second-order valence-electron chi connectivity index (χ2n) is 7.62. The molecule has 0 saturated carbocycles. The second kappa shape index (κ2) is 7.30. The fraction of sp³-hybridized carbons (Fsp3) is 0.611. The molecule has 132 valence electrons. The third-order valence-corrected chi connectivity index (χ3v) is 4.27. The minimum absolute atomic E-state index is 0.0183. The van der Waals surface area contributed by atoms with Crippen LogP contribution < -0.4 is 5.32 Å². The van der Waals surface area contributed by atoms with E-state index < -0.39 is 5.92 Å². The van der Waals surface area contributed by atoms with Gasteiger partial charge < -0.3 is 15.1 Å². The van der Waals surface area contributed by atoms with Crippen molar-refractivity contribution in [2.24, 2.45) is 5.41 Å². The van der Waals surface area contributed by atoms with Gasteiger partial charge in [-0.3, -0.25) is 14.6 Å². The molecule has 1 aliphatic heterocycles. The van der Waals surface area contributed by atoms with Crippen molar-refractivity contribution in [1.82, 2.24) is 20.1 Å². The van der Waals surface area contributed by atoms with E-state index in [0.717, 1.165) is 17.8 Å². The van der Waals surface area contributed by atoms with Gasteiger partial charge in [-0.15, -0.1) is 0 Å². The molecule has 0 aliphatic carbocycles. The molecule has 1 atom stereocenters. The Hall–Kier alpha value is -1.95. The number of amides is 2. The van der Waals surface area contributed by atoms with Crippen LogP contribution in [0, 0.1) is 5.41 Å². The number of carbonyl (C=O) groups excluding carboxylic acids is 2. The maximum Gasteiger partial charge on any atom is 0.230 e. The van der Waals surface area contributed by atoms with Gasteiger partial charge in [-0.25, -0.2) is 0 Å². The smallest absolute Gasteiger partial charge is 0.230 e. The highest BCUT2D eigenvalue weighted by atomic mass is 16.2. The van der Waals surface area contributed by atoms with Crippen LogP contribution in [0.4, 0.5) is 0 Å². The number of rotatable bonds is 5. The van der Waals surface area contributed by atoms with Crippen LogP contribution in [0.15, 0.2) is 18.3 Å². The lowest BCUT2D eigenvalue weighted by atomic mass is 9.91. The summed E-state index contributed by atoms with van der Waals surface area (Å²) in [6.07, 6.45) is 1.71. The van der Waals surface area contributed by atoms with Crippen LogP contribution in [-0.2, 0) is 16.1 Å². The van der Waals surface area contributed by atoms with Crippen molar-refractivity contribution in [3.05, 3.63) is 29.6 Å². The molecule has 0 aromatic carbocycles. The summed E-state index contributed by atoms with van der Waals surface area (Å²) in [5, 5.41) is 3.05. The summed E-state index contributed by atoms with van der Waals surface area (Å²) in [5.74, 6) is -0.489. The molecule has 6 nitrogen and oxygen atoms in total. The van der Waals surface area contributed by atoms with Gasteiger partial charge in [0.05, 0.1) is 11.6 Å². The third kappa shape index (κ3) is 4.54. The fourth-order valence-corrected chi connectivity index (χ4v) is 3.28. The van der Waals surface area contributed by atoms with E-state index in [4.69, 9.17) is 0 Å². The number of hydrogen-bond donors (Lipinski definition) is 1. The highest BCUT2D eigenvalue weighted by Gasteiger charge is 2.33. The van der Waals surface area contributed by atoms with Gasteiger partial charge in [-0.05, 0) is 31.1 Å². The highest BCUT2D eigenvalue weighted by molar-refractivity contribution is 5.85. The molecule has 1 aliphatic rings. The van der Waals surface area contributed by atoms with Crippen LogP contribution in [0.25, 0.3) is 0 Å². The summed E-state index contributed by atoms with van der Waals surface area (Å²) in [6.45, 7) is 8.17. The molecule has 2 amide bonds. The van der Waals surface area contributed by atoms with Gasteiger partial charge in [0.25, 0.3) is 0 Å². The lowest BCUT2D eigenvalue weighted by Crippen LogP contribution is -2.46. The maximum atomic E-state index is 12.8. The molecule has 0 radical (unpaired) electrons. The fourth-order valence-electron chi connectivity index (χ4n) is 3.28. The maximum absolute atomic E-state index is 12.8. The van der Waals surface area contributed by atoms with Crippen molar-refractivity contribution < 1.29 is 9.59 Å². The Kier molecular flexibility index (Phi) is 5.59. The van der Waals surface area contributed by atoms with Gasteiger partial charge in [0.15, 0.2) is 0 Å². The Bertz CT molecular complexity index is 613. The van der Waals surface area contributed by atoms with E-state index in [1.165, 1.54) is 6.92 Å². The normalized spacial score (nSPS) is 17.6. The predicted octanol–water partition coefficient (Wildman–Crippen LogP) is 1.23. The molecule has 24 heavy (non-hydrogen) atoms. The van der Waals surface area contributed by atoms with E-state index in [1.807, 2.05) is 26.2 Å². The summed E-state index contributed by atoms with van der Waals surface area (Å²) >= 11 is 0. The minimum atomic E-state index is -0.408. The van der Waals surface area contributed by atoms with Crippen molar-refractivity contribution in [2.45, 2.75) is 33.2 Å². The van der Waals surface area contributed by atoms with E-state index in [2.05, 4.69) is 29.0 Å². The molecule has 0 bridgehead atoms. The molecular formula is C18H28N4O2. The quantitative estimate of drug-likeness (QED) is 0.881. The number of hydrogen-bond acceptors (Lipinski definition) is 4. The van der Waals surface area contributed by atoms with Gasteiger partial charge in [0, 0.05) is 39.3 Å². The first-order valence-corrected chi connectivity index (χ1v) is 8.31. The minimum Gasteiger partial charge on any atom is -0.355 e. The van der Waals surface area contributed by atoms with Crippen LogP contribution in [0.1, 0.15) is 37.9 Å². The molecule has 1 N–H and O–H groups in total. The van der Waals surface area contributed by atoms with Gasteiger partial charge in [-0.1, -0.05) is 19.9 Å². The van der Waals surface area contributed by atoms with Gasteiger partial charge in [-0.2, -0.15) is 0 Å². The largest absolute Gasteiger partial charge is 0.355 e. The molecule has 1 unspecified atom stereocenters. The summed E-state index contributed by atoms with van der Waals surface area (Å²) in [4.78, 5) is 32.8. The Balaban J connectivity index is 2.12. The Labute approximate surface area is 144 Å². The monoisotopic (exact) mass is 332 g/mol. The van der Waals surface area contributed by atoms with Crippen LogP contribution in [0.5, 0.6) is 0 Å². The lowest BCUT2D eigenvalue weighted by Gasteiger charge is -2.34. The van der Waals surface area contributed by atoms with Crippen LogP contribution in [-0.4, -0.2) is 60.3 Å². The predicted molar refractivity (Wildman–Crippen MR) is 93.4 cm³/mol. The van der Waals surface area contributed by atoms with E-state index in [9.17, 15) is 9.59 Å². The van der Waals surface area contributed by atoms with Crippen molar-refractivity contribution in [3.8, 4) is 0 Å². The number of pyridine rings is 1.